The van der Waals surface area contributed by atoms with E-state index in [1.165, 1.54) is 7.11 Å². The minimum Gasteiger partial charge on any atom is -0.453 e. The van der Waals surface area contributed by atoms with E-state index in [4.69, 9.17) is 24.0 Å². The number of rotatable bonds is 6. The zero-order chi connectivity index (χ0) is 28.8. The van der Waals surface area contributed by atoms with E-state index in [1.807, 2.05) is 18.7 Å². The van der Waals surface area contributed by atoms with E-state index >= 15 is 0 Å². The Labute approximate surface area is 236 Å². The number of carbonyl (C=O) groups is 2. The van der Waals surface area contributed by atoms with Crippen LogP contribution in [0.15, 0.2) is 46.4 Å². The third-order valence-corrected chi connectivity index (χ3v) is 8.59. The Bertz CT molecular complexity index is 1370. The monoisotopic (exact) mass is 546 g/mol. The molecule has 3 aliphatic rings. The van der Waals surface area contributed by atoms with E-state index in [0.29, 0.717) is 18.9 Å². The molecule has 3 heterocycles. The molecule has 0 saturated carbocycles. The topological polar surface area (TPSA) is 102 Å². The molecule has 2 aromatic rings. The highest BCUT2D eigenvalue weighted by molar-refractivity contribution is 6.62. The lowest BCUT2D eigenvalue weighted by Gasteiger charge is -2.32. The number of aliphatic imine (C=N–C) groups is 2. The van der Waals surface area contributed by atoms with Crippen molar-refractivity contribution in [3.05, 3.63) is 42.0 Å². The molecule has 10 heteroatoms. The van der Waals surface area contributed by atoms with E-state index in [-0.39, 0.29) is 29.1 Å². The van der Waals surface area contributed by atoms with Gasteiger partial charge in [-0.05, 0) is 74.3 Å². The first-order valence-corrected chi connectivity index (χ1v) is 14.1. The second kappa shape index (κ2) is 10.6. The molecular formula is C30H39BN4O5. The Balaban J connectivity index is 1.32. The smallest absolute Gasteiger partial charge is 0.453 e. The van der Waals surface area contributed by atoms with Gasteiger partial charge in [-0.1, -0.05) is 44.2 Å². The number of nitrogens with one attached hydrogen (secondary N) is 1. The molecular weight excluding hydrogens is 507 g/mol. The number of amidine groups is 1. The first-order chi connectivity index (χ1) is 18.9. The van der Waals surface area contributed by atoms with Crippen LogP contribution in [0.2, 0.25) is 0 Å². The van der Waals surface area contributed by atoms with E-state index in [2.05, 4.69) is 69.4 Å². The highest BCUT2D eigenvalue weighted by atomic mass is 16.7. The number of hydrogen-bond donors (Lipinski definition) is 1. The number of fused-ring (bicyclic) bond motifs is 1. The lowest BCUT2D eigenvalue weighted by atomic mass is 9.78. The number of nitrogens with zero attached hydrogens (tertiary/aromatic N) is 3. The van der Waals surface area contributed by atoms with Gasteiger partial charge in [0.25, 0.3) is 0 Å². The van der Waals surface area contributed by atoms with Crippen molar-refractivity contribution in [1.29, 1.82) is 0 Å². The number of ether oxygens (including phenoxy) is 1. The van der Waals surface area contributed by atoms with Crippen LogP contribution in [-0.2, 0) is 18.8 Å². The summed E-state index contributed by atoms with van der Waals surface area (Å²) in [5, 5.41) is 4.89. The molecule has 2 fully saturated rings. The third kappa shape index (κ3) is 5.26. The number of amides is 2. The van der Waals surface area contributed by atoms with Crippen LogP contribution in [0.3, 0.4) is 0 Å². The maximum absolute atomic E-state index is 13.4. The van der Waals surface area contributed by atoms with Gasteiger partial charge >= 0.3 is 13.2 Å². The molecule has 2 saturated heterocycles. The van der Waals surface area contributed by atoms with Crippen molar-refractivity contribution in [2.24, 2.45) is 15.9 Å². The molecule has 40 heavy (non-hydrogen) atoms. The van der Waals surface area contributed by atoms with Crippen molar-refractivity contribution in [2.75, 3.05) is 20.2 Å². The first-order valence-electron chi connectivity index (χ1n) is 14.1. The first kappa shape index (κ1) is 28.3. The summed E-state index contributed by atoms with van der Waals surface area (Å²) >= 11 is 0. The SMILES string of the molecule is COC(=O)N[C@H](C(=O)N1CCC[C@H]1C1=NCC(c2ccc3cc(B4OC(C)(C)C(C)(C)O4)ccc3c2)=N1)C(C)C. The molecule has 1 N–H and O–H groups in total. The van der Waals surface area contributed by atoms with Crippen LogP contribution in [0, 0.1) is 5.92 Å². The number of likely N-dealkylation sites (tertiary alicyclic amines) is 1. The minimum atomic E-state index is -0.666. The zero-order valence-electron chi connectivity index (χ0n) is 24.5. The van der Waals surface area contributed by atoms with Gasteiger partial charge in [0, 0.05) is 6.54 Å². The van der Waals surface area contributed by atoms with Crippen molar-refractivity contribution in [3.63, 3.8) is 0 Å². The maximum atomic E-state index is 13.4. The van der Waals surface area contributed by atoms with Gasteiger partial charge in [-0.2, -0.15) is 0 Å². The Hall–Kier alpha value is -3.24. The Kier molecular flexibility index (Phi) is 7.52. The molecule has 0 radical (unpaired) electrons. The number of methoxy groups -OCH3 is 1. The van der Waals surface area contributed by atoms with Crippen LogP contribution in [0.1, 0.15) is 59.9 Å². The molecule has 9 nitrogen and oxygen atoms in total. The molecule has 0 aromatic heterocycles. The number of hydrogen-bond acceptors (Lipinski definition) is 7. The highest BCUT2D eigenvalue weighted by Crippen LogP contribution is 2.36. The quantitative estimate of drug-likeness (QED) is 0.557. The van der Waals surface area contributed by atoms with Crippen molar-refractivity contribution >= 4 is 46.9 Å². The van der Waals surface area contributed by atoms with Gasteiger partial charge in [0.1, 0.15) is 11.9 Å². The lowest BCUT2D eigenvalue weighted by molar-refractivity contribution is -0.134. The molecule has 2 amide bonds. The van der Waals surface area contributed by atoms with Crippen molar-refractivity contribution < 1.29 is 23.6 Å². The summed E-state index contributed by atoms with van der Waals surface area (Å²) in [4.78, 5) is 36.7. The van der Waals surface area contributed by atoms with E-state index in [9.17, 15) is 9.59 Å². The highest BCUT2D eigenvalue weighted by Gasteiger charge is 2.51. The average molecular weight is 546 g/mol. The number of benzene rings is 2. The van der Waals surface area contributed by atoms with Crippen LogP contribution in [0.4, 0.5) is 4.79 Å². The maximum Gasteiger partial charge on any atom is 0.494 e. The second-order valence-corrected chi connectivity index (χ2v) is 12.2. The van der Waals surface area contributed by atoms with Crippen molar-refractivity contribution in [2.45, 2.75) is 77.7 Å². The summed E-state index contributed by atoms with van der Waals surface area (Å²) in [7, 11) is 0.893. The summed E-state index contributed by atoms with van der Waals surface area (Å²) < 4.78 is 17.2. The molecule has 5 rings (SSSR count). The molecule has 2 atom stereocenters. The fourth-order valence-corrected chi connectivity index (χ4v) is 5.45. The largest absolute Gasteiger partial charge is 0.494 e. The van der Waals surface area contributed by atoms with E-state index in [1.54, 1.807) is 0 Å². The van der Waals surface area contributed by atoms with Gasteiger partial charge in [0.05, 0.1) is 36.6 Å². The number of alkyl carbamates (subject to hydrolysis) is 1. The fraction of sp³-hybridized carbons (Fsp3) is 0.533. The molecule has 0 aliphatic carbocycles. The molecule has 2 aromatic carbocycles. The average Bonchev–Trinajstić information content (AvgIpc) is 3.63. The summed E-state index contributed by atoms with van der Waals surface area (Å²) in [5.41, 5.74) is 2.12. The van der Waals surface area contributed by atoms with Gasteiger partial charge in [-0.15, -0.1) is 0 Å². The third-order valence-electron chi connectivity index (χ3n) is 8.59. The van der Waals surface area contributed by atoms with Crippen LogP contribution >= 0.6 is 0 Å². The fourth-order valence-electron chi connectivity index (χ4n) is 5.45. The van der Waals surface area contributed by atoms with Crippen LogP contribution in [0.25, 0.3) is 10.8 Å². The van der Waals surface area contributed by atoms with Crippen molar-refractivity contribution in [3.8, 4) is 0 Å². The van der Waals surface area contributed by atoms with Gasteiger partial charge < -0.3 is 24.3 Å². The normalized spacial score (nSPS) is 22.4. The van der Waals surface area contributed by atoms with Crippen LogP contribution < -0.4 is 10.8 Å². The van der Waals surface area contributed by atoms with Crippen LogP contribution in [0.5, 0.6) is 0 Å². The predicted molar refractivity (Wildman–Crippen MR) is 157 cm³/mol. The Morgan fingerprint density at radius 1 is 1.07 bits per heavy atom. The standard InChI is InChI=1S/C30H39BN4O5/c1-18(2)25(34-28(37)38-7)27(36)35-14-8-9-24(35)26-32-17-23(33-26)21-11-10-20-16-22(13-12-19(20)15-21)31-39-29(3,4)30(5,6)40-31/h10-13,15-16,18,24-25H,8-9,14,17H2,1-7H3,(H,34,37)/t24-,25-/m0/s1. The minimum absolute atomic E-state index is 0.0830. The second-order valence-electron chi connectivity index (χ2n) is 12.2. The summed E-state index contributed by atoms with van der Waals surface area (Å²) in [5.74, 6) is 0.468. The molecule has 3 aliphatic heterocycles. The number of carbonyl (C=O) groups excluding carboxylic acids is 2. The molecule has 0 unspecified atom stereocenters. The van der Waals surface area contributed by atoms with Gasteiger partial charge in [-0.25, -0.2) is 9.79 Å². The van der Waals surface area contributed by atoms with Gasteiger partial charge in [0.15, 0.2) is 0 Å². The predicted octanol–water partition coefficient (Wildman–Crippen LogP) is 3.71. The van der Waals surface area contributed by atoms with E-state index < -0.39 is 19.3 Å². The zero-order valence-corrected chi connectivity index (χ0v) is 24.5. The Morgan fingerprint density at radius 3 is 2.42 bits per heavy atom. The molecule has 0 spiro atoms. The summed E-state index contributed by atoms with van der Waals surface area (Å²) in [6.07, 6.45) is 1.05. The lowest BCUT2D eigenvalue weighted by Crippen LogP contribution is -2.53. The van der Waals surface area contributed by atoms with Gasteiger partial charge in [0.2, 0.25) is 5.91 Å². The Morgan fingerprint density at radius 2 is 1.75 bits per heavy atom. The van der Waals surface area contributed by atoms with Gasteiger partial charge in [-0.3, -0.25) is 9.79 Å². The molecule has 0 bridgehead atoms. The van der Waals surface area contributed by atoms with E-state index in [0.717, 1.165) is 40.4 Å². The summed E-state index contributed by atoms with van der Waals surface area (Å²) in [6, 6.07) is 11.7. The summed E-state index contributed by atoms with van der Waals surface area (Å²) in [6.45, 7) is 13.1. The van der Waals surface area contributed by atoms with Crippen LogP contribution in [-0.4, -0.2) is 79.1 Å². The van der Waals surface area contributed by atoms with Crippen molar-refractivity contribution in [1.82, 2.24) is 10.2 Å². The molecule has 212 valence electrons.